The highest BCUT2D eigenvalue weighted by Crippen LogP contribution is 2.18. The molecule has 31 heavy (non-hydrogen) atoms. The molecule has 0 aliphatic carbocycles. The van der Waals surface area contributed by atoms with Crippen molar-refractivity contribution >= 4 is 41.7 Å². The third-order valence-corrected chi connectivity index (χ3v) is 5.87. The lowest BCUT2D eigenvalue weighted by atomic mass is 10.0. The second-order valence-corrected chi connectivity index (χ2v) is 7.72. The van der Waals surface area contributed by atoms with E-state index in [-0.39, 0.29) is 29.9 Å². The van der Waals surface area contributed by atoms with Gasteiger partial charge in [0.2, 0.25) is 5.91 Å². The molecule has 8 heteroatoms. The number of fused-ring (bicyclic) bond motifs is 1. The normalized spacial score (nSPS) is 16.4. The average Bonchev–Trinajstić information content (AvgIpc) is 2.82. The monoisotopic (exact) mass is 534 g/mol. The number of nitrogens with one attached hydrogen (secondary N) is 1. The summed E-state index contributed by atoms with van der Waals surface area (Å²) in [6.07, 6.45) is 3.32. The van der Waals surface area contributed by atoms with Crippen molar-refractivity contribution in [3.8, 4) is 0 Å². The number of carbonyl (C=O) groups excluding carboxylic acids is 1. The molecular formula is C23H31IN6O. The molecule has 1 amide bonds. The van der Waals surface area contributed by atoms with Gasteiger partial charge < -0.3 is 20.0 Å². The Morgan fingerprint density at radius 3 is 2.45 bits per heavy atom. The number of piperazine rings is 1. The Hall–Kier alpha value is -2.36. The van der Waals surface area contributed by atoms with Crippen LogP contribution in [-0.2, 0) is 17.8 Å². The highest BCUT2D eigenvalue weighted by molar-refractivity contribution is 14.0. The molecule has 4 rings (SSSR count). The second-order valence-electron chi connectivity index (χ2n) is 7.72. The van der Waals surface area contributed by atoms with Crippen molar-refractivity contribution < 1.29 is 4.79 Å². The van der Waals surface area contributed by atoms with Gasteiger partial charge >= 0.3 is 0 Å². The van der Waals surface area contributed by atoms with Crippen molar-refractivity contribution in [3.05, 3.63) is 59.8 Å². The molecule has 0 spiro atoms. The fourth-order valence-corrected chi connectivity index (χ4v) is 4.17. The van der Waals surface area contributed by atoms with Crippen molar-refractivity contribution in [2.45, 2.75) is 19.4 Å². The van der Waals surface area contributed by atoms with Crippen LogP contribution in [0.15, 0.2) is 53.7 Å². The zero-order chi connectivity index (χ0) is 20.8. The Labute approximate surface area is 201 Å². The molecular weight excluding hydrogens is 503 g/mol. The Morgan fingerprint density at radius 2 is 1.74 bits per heavy atom. The van der Waals surface area contributed by atoms with Gasteiger partial charge in [-0.25, -0.2) is 4.98 Å². The Bertz CT molecular complexity index is 883. The number of hydrogen-bond donors (Lipinski definition) is 1. The van der Waals surface area contributed by atoms with Crippen LogP contribution in [0.4, 0.5) is 5.82 Å². The first-order valence-electron chi connectivity index (χ1n) is 10.7. The lowest BCUT2D eigenvalue weighted by molar-refractivity contribution is -0.131. The van der Waals surface area contributed by atoms with Crippen molar-refractivity contribution in [1.29, 1.82) is 0 Å². The van der Waals surface area contributed by atoms with E-state index in [2.05, 4.69) is 49.4 Å². The van der Waals surface area contributed by atoms with Gasteiger partial charge in [0.05, 0.1) is 0 Å². The van der Waals surface area contributed by atoms with Gasteiger partial charge in [0, 0.05) is 65.5 Å². The van der Waals surface area contributed by atoms with Gasteiger partial charge in [0.15, 0.2) is 5.96 Å². The van der Waals surface area contributed by atoms with Gasteiger partial charge in [-0.1, -0.05) is 30.3 Å². The Balaban J connectivity index is 0.00000272. The maximum atomic E-state index is 12.6. The van der Waals surface area contributed by atoms with Crippen LogP contribution in [0, 0.1) is 0 Å². The summed E-state index contributed by atoms with van der Waals surface area (Å²) in [5, 5.41) is 3.38. The minimum Gasteiger partial charge on any atom is -0.356 e. The van der Waals surface area contributed by atoms with E-state index in [4.69, 9.17) is 0 Å². The van der Waals surface area contributed by atoms with Gasteiger partial charge in [-0.3, -0.25) is 9.79 Å². The number of anilines is 1. The molecule has 0 radical (unpaired) electrons. The SMILES string of the molecule is CN=C(NCCC(=O)N1CCN(c2ccccn2)CC1)N1CCc2ccccc2C1.I. The van der Waals surface area contributed by atoms with Crippen molar-refractivity contribution in [3.63, 3.8) is 0 Å². The largest absolute Gasteiger partial charge is 0.356 e. The molecule has 1 fully saturated rings. The number of pyridine rings is 1. The van der Waals surface area contributed by atoms with Gasteiger partial charge in [0.25, 0.3) is 0 Å². The molecule has 1 N–H and O–H groups in total. The van der Waals surface area contributed by atoms with Crippen LogP contribution in [0.2, 0.25) is 0 Å². The van der Waals surface area contributed by atoms with Crippen LogP contribution in [0.3, 0.4) is 0 Å². The zero-order valence-corrected chi connectivity index (χ0v) is 20.4. The maximum Gasteiger partial charge on any atom is 0.224 e. The first kappa shape index (κ1) is 23.3. The number of amides is 1. The molecule has 2 aliphatic rings. The van der Waals surface area contributed by atoms with Gasteiger partial charge in [-0.15, -0.1) is 24.0 Å². The van der Waals surface area contributed by atoms with Crippen molar-refractivity contribution in [2.24, 2.45) is 4.99 Å². The number of hydrogen-bond acceptors (Lipinski definition) is 4. The summed E-state index contributed by atoms with van der Waals surface area (Å²) in [5.74, 6) is 2.05. The van der Waals surface area contributed by atoms with E-state index in [1.165, 1.54) is 11.1 Å². The van der Waals surface area contributed by atoms with Crippen LogP contribution >= 0.6 is 24.0 Å². The van der Waals surface area contributed by atoms with Crippen LogP contribution < -0.4 is 10.2 Å². The summed E-state index contributed by atoms with van der Waals surface area (Å²) in [4.78, 5) is 27.9. The predicted octanol–water partition coefficient (Wildman–Crippen LogP) is 2.37. The highest BCUT2D eigenvalue weighted by Gasteiger charge is 2.22. The number of aliphatic imine (C=N–C) groups is 1. The van der Waals surface area contributed by atoms with E-state index in [0.717, 1.165) is 57.5 Å². The van der Waals surface area contributed by atoms with Gasteiger partial charge in [-0.05, 0) is 29.7 Å². The molecule has 0 atom stereocenters. The number of carbonyl (C=O) groups is 1. The highest BCUT2D eigenvalue weighted by atomic mass is 127. The van der Waals surface area contributed by atoms with E-state index in [1.807, 2.05) is 36.3 Å². The summed E-state index contributed by atoms with van der Waals surface area (Å²) in [7, 11) is 1.81. The van der Waals surface area contributed by atoms with Gasteiger partial charge in [-0.2, -0.15) is 0 Å². The second kappa shape index (κ2) is 11.3. The van der Waals surface area contributed by atoms with E-state index < -0.39 is 0 Å². The van der Waals surface area contributed by atoms with Crippen LogP contribution in [0.5, 0.6) is 0 Å². The number of halogens is 1. The fraction of sp³-hybridized carbons (Fsp3) is 0.435. The maximum absolute atomic E-state index is 12.6. The standard InChI is InChI=1S/C23H30N6O.HI/c1-24-23(29-13-10-19-6-2-3-7-20(19)18-29)26-12-9-22(30)28-16-14-27(15-17-28)21-8-4-5-11-25-21;/h2-8,11H,9-10,12-18H2,1H3,(H,24,26);1H. The minimum absolute atomic E-state index is 0. The quantitative estimate of drug-likeness (QED) is 0.371. The molecule has 0 bridgehead atoms. The minimum atomic E-state index is 0. The molecule has 1 aromatic carbocycles. The predicted molar refractivity (Wildman–Crippen MR) is 135 cm³/mol. The molecule has 1 saturated heterocycles. The van der Waals surface area contributed by atoms with Crippen molar-refractivity contribution in [1.82, 2.24) is 20.1 Å². The van der Waals surface area contributed by atoms with E-state index in [0.29, 0.717) is 13.0 Å². The van der Waals surface area contributed by atoms with E-state index >= 15 is 0 Å². The third-order valence-electron chi connectivity index (χ3n) is 5.87. The fourth-order valence-electron chi connectivity index (χ4n) is 4.17. The first-order chi connectivity index (χ1) is 14.7. The van der Waals surface area contributed by atoms with Gasteiger partial charge in [0.1, 0.15) is 5.82 Å². The molecule has 0 saturated carbocycles. The topological polar surface area (TPSA) is 64.1 Å². The summed E-state index contributed by atoms with van der Waals surface area (Å²) in [5.41, 5.74) is 2.78. The van der Waals surface area contributed by atoms with Crippen LogP contribution in [-0.4, -0.2) is 73.0 Å². The Morgan fingerprint density at radius 1 is 1.00 bits per heavy atom. The molecule has 2 aromatic rings. The third kappa shape index (κ3) is 5.87. The molecule has 1 aromatic heterocycles. The Kier molecular flexibility index (Phi) is 8.51. The van der Waals surface area contributed by atoms with Crippen LogP contribution in [0.1, 0.15) is 17.5 Å². The number of nitrogens with zero attached hydrogens (tertiary/aromatic N) is 5. The smallest absolute Gasteiger partial charge is 0.224 e. The summed E-state index contributed by atoms with van der Waals surface area (Å²) in [6, 6.07) is 14.5. The van der Waals surface area contributed by atoms with Crippen LogP contribution in [0.25, 0.3) is 0 Å². The van der Waals surface area contributed by atoms with E-state index in [1.54, 1.807) is 0 Å². The average molecular weight is 534 g/mol. The summed E-state index contributed by atoms with van der Waals surface area (Å²) >= 11 is 0. The number of benzene rings is 1. The molecule has 2 aliphatic heterocycles. The number of guanidine groups is 1. The number of rotatable bonds is 4. The lowest BCUT2D eigenvalue weighted by Crippen LogP contribution is -2.50. The zero-order valence-electron chi connectivity index (χ0n) is 18.0. The van der Waals surface area contributed by atoms with Crippen molar-refractivity contribution in [2.75, 3.05) is 51.2 Å². The summed E-state index contributed by atoms with van der Waals surface area (Å²) in [6.45, 7) is 5.54. The number of aromatic nitrogens is 1. The molecule has 0 unspecified atom stereocenters. The van der Waals surface area contributed by atoms with E-state index in [9.17, 15) is 4.79 Å². The molecule has 3 heterocycles. The molecule has 166 valence electrons. The molecule has 7 nitrogen and oxygen atoms in total. The summed E-state index contributed by atoms with van der Waals surface area (Å²) < 4.78 is 0. The lowest BCUT2D eigenvalue weighted by Gasteiger charge is -2.35. The first-order valence-corrected chi connectivity index (χ1v) is 10.7.